The Kier molecular flexibility index (Phi) is 7.13. The van der Waals surface area contributed by atoms with Gasteiger partial charge in [0.15, 0.2) is 0 Å². The third-order valence-corrected chi connectivity index (χ3v) is 4.44. The second kappa shape index (κ2) is 9.35. The molecular weight excluding hydrogens is 394 g/mol. The lowest BCUT2D eigenvalue weighted by atomic mass is 10.1. The molecule has 0 unspecified atom stereocenters. The van der Waals surface area contributed by atoms with Gasteiger partial charge in [-0.2, -0.15) is 10.2 Å². The van der Waals surface area contributed by atoms with Gasteiger partial charge < -0.3 is 16.4 Å². The van der Waals surface area contributed by atoms with Crippen molar-refractivity contribution in [1.82, 2.24) is 25.3 Å². The Hall–Kier alpha value is -3.17. The molecule has 0 radical (unpaired) electrons. The quantitative estimate of drug-likeness (QED) is 0.485. The first-order chi connectivity index (χ1) is 13.4. The predicted molar refractivity (Wildman–Crippen MR) is 113 cm³/mol. The van der Waals surface area contributed by atoms with Crippen LogP contribution in [0.4, 0.5) is 5.69 Å². The van der Waals surface area contributed by atoms with E-state index in [-0.39, 0.29) is 24.0 Å². The zero-order valence-electron chi connectivity index (χ0n) is 16.4. The van der Waals surface area contributed by atoms with Gasteiger partial charge in [0.2, 0.25) is 0 Å². The standard InChI is InChI=1S/C19H23N7O2.ClH/c1-11-17(12(2)26(3)25-11)15-10-16(24-23-15)19(28)22-14-7-5-4-6-13(14)18(27)21-9-8-20;/h4-7,10H,8-9,20H2,1-3H3,(H,21,27)(H,22,28)(H,23,24);1H. The summed E-state index contributed by atoms with van der Waals surface area (Å²) in [5.74, 6) is -0.690. The van der Waals surface area contributed by atoms with Crippen LogP contribution < -0.4 is 16.4 Å². The average Bonchev–Trinajstić information content (AvgIpc) is 3.25. The molecule has 0 saturated carbocycles. The fourth-order valence-electron chi connectivity index (χ4n) is 2.97. The molecule has 2 aromatic heterocycles. The van der Waals surface area contributed by atoms with Crippen LogP contribution in [0.5, 0.6) is 0 Å². The summed E-state index contributed by atoms with van der Waals surface area (Å²) in [5.41, 5.74) is 9.80. The molecule has 9 nitrogen and oxygen atoms in total. The summed E-state index contributed by atoms with van der Waals surface area (Å²) in [6.07, 6.45) is 0. The number of nitrogens with two attached hydrogens (primary N) is 1. The number of nitrogens with one attached hydrogen (secondary N) is 3. The van der Waals surface area contributed by atoms with Crippen LogP contribution in [0.25, 0.3) is 11.3 Å². The van der Waals surface area contributed by atoms with Crippen LogP contribution in [-0.4, -0.2) is 44.9 Å². The lowest BCUT2D eigenvalue weighted by Gasteiger charge is -2.10. The number of halogens is 1. The van der Waals surface area contributed by atoms with Crippen molar-refractivity contribution in [3.8, 4) is 11.3 Å². The third-order valence-electron chi connectivity index (χ3n) is 4.44. The second-order valence-electron chi connectivity index (χ2n) is 6.38. The number of aromatic amines is 1. The van der Waals surface area contributed by atoms with Gasteiger partial charge >= 0.3 is 0 Å². The van der Waals surface area contributed by atoms with E-state index in [1.165, 1.54) is 0 Å². The van der Waals surface area contributed by atoms with E-state index < -0.39 is 5.91 Å². The molecule has 0 aliphatic rings. The first kappa shape index (κ1) is 22.1. The highest BCUT2D eigenvalue weighted by Crippen LogP contribution is 2.25. The number of carbonyl (C=O) groups excluding carboxylic acids is 2. The van der Waals surface area contributed by atoms with Gasteiger partial charge in [0, 0.05) is 31.4 Å². The summed E-state index contributed by atoms with van der Waals surface area (Å²) in [4.78, 5) is 24.9. The van der Waals surface area contributed by atoms with Crippen molar-refractivity contribution in [2.75, 3.05) is 18.4 Å². The van der Waals surface area contributed by atoms with Gasteiger partial charge in [0.05, 0.1) is 22.6 Å². The van der Waals surface area contributed by atoms with E-state index in [2.05, 4.69) is 25.9 Å². The number of amides is 2. The van der Waals surface area contributed by atoms with E-state index in [1.54, 1.807) is 35.0 Å². The van der Waals surface area contributed by atoms with Crippen molar-refractivity contribution in [1.29, 1.82) is 0 Å². The number of hydrogen-bond donors (Lipinski definition) is 4. The molecule has 0 fully saturated rings. The molecule has 3 aromatic rings. The van der Waals surface area contributed by atoms with Gasteiger partial charge in [0.25, 0.3) is 11.8 Å². The predicted octanol–water partition coefficient (Wildman–Crippen LogP) is 1.79. The van der Waals surface area contributed by atoms with E-state index in [9.17, 15) is 9.59 Å². The molecule has 3 rings (SSSR count). The molecule has 5 N–H and O–H groups in total. The smallest absolute Gasteiger partial charge is 0.273 e. The number of nitrogens with zero attached hydrogens (tertiary/aromatic N) is 3. The first-order valence-corrected chi connectivity index (χ1v) is 8.87. The fraction of sp³-hybridized carbons (Fsp3) is 0.263. The van der Waals surface area contributed by atoms with Crippen molar-refractivity contribution in [2.45, 2.75) is 13.8 Å². The molecule has 10 heteroatoms. The van der Waals surface area contributed by atoms with E-state index in [4.69, 9.17) is 5.73 Å². The van der Waals surface area contributed by atoms with Crippen LogP contribution in [-0.2, 0) is 7.05 Å². The zero-order valence-corrected chi connectivity index (χ0v) is 17.3. The monoisotopic (exact) mass is 417 g/mol. The molecule has 2 heterocycles. The van der Waals surface area contributed by atoms with Crippen LogP contribution >= 0.6 is 12.4 Å². The van der Waals surface area contributed by atoms with Crippen molar-refractivity contribution < 1.29 is 9.59 Å². The summed E-state index contributed by atoms with van der Waals surface area (Å²) < 4.78 is 1.77. The molecule has 1 aromatic carbocycles. The number of H-pyrrole nitrogens is 1. The van der Waals surface area contributed by atoms with Gasteiger partial charge in [-0.05, 0) is 32.0 Å². The highest BCUT2D eigenvalue weighted by Gasteiger charge is 2.18. The molecule has 0 aliphatic heterocycles. The Bertz CT molecular complexity index is 1030. The maximum atomic E-state index is 12.7. The summed E-state index contributed by atoms with van der Waals surface area (Å²) >= 11 is 0. The van der Waals surface area contributed by atoms with E-state index >= 15 is 0 Å². The molecule has 0 atom stereocenters. The molecular formula is C19H24ClN7O2. The molecule has 154 valence electrons. The number of hydrogen-bond acceptors (Lipinski definition) is 5. The van der Waals surface area contributed by atoms with E-state index in [0.717, 1.165) is 17.0 Å². The Morgan fingerprint density at radius 2 is 1.93 bits per heavy atom. The summed E-state index contributed by atoms with van der Waals surface area (Å²) in [5, 5.41) is 16.8. The average molecular weight is 418 g/mol. The highest BCUT2D eigenvalue weighted by atomic mass is 35.5. The van der Waals surface area contributed by atoms with Crippen LogP contribution in [0.2, 0.25) is 0 Å². The number of aromatic nitrogens is 4. The summed E-state index contributed by atoms with van der Waals surface area (Å²) in [7, 11) is 1.86. The maximum absolute atomic E-state index is 12.7. The molecule has 2 amide bonds. The van der Waals surface area contributed by atoms with Crippen molar-refractivity contribution in [3.05, 3.63) is 53.0 Å². The normalized spacial score (nSPS) is 10.3. The van der Waals surface area contributed by atoms with Crippen LogP contribution in [0.15, 0.2) is 30.3 Å². The Morgan fingerprint density at radius 3 is 2.59 bits per heavy atom. The Labute approximate surface area is 174 Å². The van der Waals surface area contributed by atoms with E-state index in [0.29, 0.717) is 30.0 Å². The molecule has 0 spiro atoms. The van der Waals surface area contributed by atoms with Gasteiger partial charge in [0.1, 0.15) is 5.69 Å². The number of para-hydroxylation sites is 1. The number of rotatable bonds is 6. The largest absolute Gasteiger partial charge is 0.351 e. The Balaban J connectivity index is 0.00000300. The lowest BCUT2D eigenvalue weighted by molar-refractivity contribution is 0.0955. The number of anilines is 1. The maximum Gasteiger partial charge on any atom is 0.273 e. The number of aryl methyl sites for hydroxylation is 2. The van der Waals surface area contributed by atoms with Crippen molar-refractivity contribution in [3.63, 3.8) is 0 Å². The second-order valence-corrected chi connectivity index (χ2v) is 6.38. The van der Waals surface area contributed by atoms with Crippen LogP contribution in [0.1, 0.15) is 32.2 Å². The fourth-order valence-corrected chi connectivity index (χ4v) is 2.97. The van der Waals surface area contributed by atoms with Crippen molar-refractivity contribution in [2.24, 2.45) is 12.8 Å². The number of carbonyl (C=O) groups is 2. The topological polar surface area (TPSA) is 131 Å². The summed E-state index contributed by atoms with van der Waals surface area (Å²) in [6, 6.07) is 8.46. The van der Waals surface area contributed by atoms with Crippen molar-refractivity contribution >= 4 is 29.9 Å². The third kappa shape index (κ3) is 4.64. The van der Waals surface area contributed by atoms with Gasteiger partial charge in [-0.1, -0.05) is 12.1 Å². The van der Waals surface area contributed by atoms with Crippen LogP contribution in [0.3, 0.4) is 0 Å². The lowest BCUT2D eigenvalue weighted by Crippen LogP contribution is -2.30. The zero-order chi connectivity index (χ0) is 20.3. The molecule has 0 saturated heterocycles. The van der Waals surface area contributed by atoms with Crippen LogP contribution in [0, 0.1) is 13.8 Å². The minimum Gasteiger partial charge on any atom is -0.351 e. The highest BCUT2D eigenvalue weighted by molar-refractivity contribution is 6.08. The molecule has 0 bridgehead atoms. The minimum atomic E-state index is -0.392. The SMILES string of the molecule is Cc1nn(C)c(C)c1-c1cc(C(=O)Nc2ccccc2C(=O)NCCN)[nH]n1.Cl. The Morgan fingerprint density at radius 1 is 1.21 bits per heavy atom. The summed E-state index contributed by atoms with van der Waals surface area (Å²) in [6.45, 7) is 4.53. The molecule has 29 heavy (non-hydrogen) atoms. The van der Waals surface area contributed by atoms with Gasteiger partial charge in [-0.25, -0.2) is 0 Å². The minimum absolute atomic E-state index is 0. The van der Waals surface area contributed by atoms with Gasteiger partial charge in [-0.3, -0.25) is 19.4 Å². The molecule has 0 aliphatic carbocycles. The number of benzene rings is 1. The van der Waals surface area contributed by atoms with E-state index in [1.807, 2.05) is 20.9 Å². The van der Waals surface area contributed by atoms with Gasteiger partial charge in [-0.15, -0.1) is 12.4 Å². The first-order valence-electron chi connectivity index (χ1n) is 8.87.